The van der Waals surface area contributed by atoms with E-state index < -0.39 is 25.6 Å². The lowest BCUT2D eigenvalue weighted by atomic mass is 10.1. The van der Waals surface area contributed by atoms with Crippen molar-refractivity contribution in [3.05, 3.63) is 29.8 Å². The third-order valence-electron chi connectivity index (χ3n) is 2.18. The molecule has 0 bridgehead atoms. The smallest absolute Gasteiger partial charge is 0.119 e. The highest BCUT2D eigenvalue weighted by molar-refractivity contribution is 5.27. The van der Waals surface area contributed by atoms with E-state index in [9.17, 15) is 5.11 Å². The molecule has 4 heteroatoms. The lowest BCUT2D eigenvalue weighted by Crippen LogP contribution is -2.35. The molecule has 4 nitrogen and oxygen atoms in total. The fraction of sp³-hybridized carbons (Fsp3) is 0.600. The first-order valence-electron chi connectivity index (χ1n) is 9.09. The summed E-state index contributed by atoms with van der Waals surface area (Å²) in [4.78, 5) is 0. The van der Waals surface area contributed by atoms with Crippen molar-refractivity contribution in [1.82, 2.24) is 5.32 Å². The van der Waals surface area contributed by atoms with Gasteiger partial charge in [0.2, 0.25) is 0 Å². The number of hydrogen-bond donors (Lipinski definition) is 2. The molecule has 19 heavy (non-hydrogen) atoms. The van der Waals surface area contributed by atoms with Gasteiger partial charge in [-0.05, 0) is 24.1 Å². The quantitative estimate of drug-likeness (QED) is 0.718. The van der Waals surface area contributed by atoms with E-state index in [4.69, 9.17) is 13.0 Å². The van der Waals surface area contributed by atoms with Crippen LogP contribution in [0.25, 0.3) is 0 Å². The zero-order valence-corrected chi connectivity index (χ0v) is 11.4. The summed E-state index contributed by atoms with van der Waals surface area (Å²) >= 11 is 0. The molecule has 1 atom stereocenters. The SMILES string of the molecule is [2H]C([2H])(Oc1ccc(C([2H])([2H])C([2H])([2H])OC)cc1)C(O)CNC(C)C. The summed E-state index contributed by atoms with van der Waals surface area (Å²) in [6.07, 6.45) is -3.80. The van der Waals surface area contributed by atoms with Crippen LogP contribution in [0.4, 0.5) is 0 Å². The summed E-state index contributed by atoms with van der Waals surface area (Å²) in [6, 6.07) is 5.31. The molecule has 1 aromatic carbocycles. The van der Waals surface area contributed by atoms with Gasteiger partial charge in [0, 0.05) is 22.4 Å². The van der Waals surface area contributed by atoms with Gasteiger partial charge >= 0.3 is 0 Å². The zero-order valence-electron chi connectivity index (χ0n) is 17.4. The molecule has 0 saturated heterocycles. The Bertz CT molecular complexity index is 551. The van der Waals surface area contributed by atoms with E-state index in [2.05, 4.69) is 10.1 Å². The van der Waals surface area contributed by atoms with Gasteiger partial charge in [-0.2, -0.15) is 0 Å². The number of methoxy groups -OCH3 is 1. The predicted octanol–water partition coefficient (Wildman–Crippen LogP) is 1.61. The van der Waals surface area contributed by atoms with Gasteiger partial charge in [-0.3, -0.25) is 0 Å². The molecule has 0 fully saturated rings. The maximum atomic E-state index is 9.92. The summed E-state index contributed by atoms with van der Waals surface area (Å²) in [7, 11) is 1.08. The van der Waals surface area contributed by atoms with Crippen LogP contribution in [0.3, 0.4) is 0 Å². The lowest BCUT2D eigenvalue weighted by molar-refractivity contribution is 0.104. The Morgan fingerprint density at radius 1 is 1.32 bits per heavy atom. The molecule has 0 aliphatic carbocycles. The van der Waals surface area contributed by atoms with Crippen molar-refractivity contribution in [2.24, 2.45) is 0 Å². The van der Waals surface area contributed by atoms with Crippen molar-refractivity contribution in [3.8, 4) is 5.75 Å². The monoisotopic (exact) mass is 273 g/mol. The molecule has 0 aromatic heterocycles. The Balaban J connectivity index is 2.86. The van der Waals surface area contributed by atoms with Crippen molar-refractivity contribution < 1.29 is 22.8 Å². The van der Waals surface area contributed by atoms with Gasteiger partial charge in [0.1, 0.15) is 18.4 Å². The van der Waals surface area contributed by atoms with Gasteiger partial charge in [0.15, 0.2) is 0 Å². The van der Waals surface area contributed by atoms with E-state index in [1.807, 2.05) is 13.8 Å². The minimum Gasteiger partial charge on any atom is -0.491 e. The average molecular weight is 273 g/mol. The van der Waals surface area contributed by atoms with Crippen LogP contribution in [0.1, 0.15) is 27.6 Å². The summed E-state index contributed by atoms with van der Waals surface area (Å²) in [6.45, 7) is -1.12. The highest BCUT2D eigenvalue weighted by atomic mass is 16.5. The van der Waals surface area contributed by atoms with Crippen LogP contribution in [-0.4, -0.2) is 44.0 Å². The number of ether oxygens (including phenoxy) is 2. The Morgan fingerprint density at radius 3 is 2.58 bits per heavy atom. The van der Waals surface area contributed by atoms with Gasteiger partial charge < -0.3 is 19.9 Å². The minimum absolute atomic E-state index is 0.0132. The maximum absolute atomic E-state index is 9.92. The maximum Gasteiger partial charge on any atom is 0.119 e. The Hall–Kier alpha value is -1.10. The summed E-state index contributed by atoms with van der Waals surface area (Å²) < 4.78 is 56.3. The van der Waals surface area contributed by atoms with Crippen molar-refractivity contribution in [2.75, 3.05) is 26.8 Å². The van der Waals surface area contributed by atoms with Crippen LogP contribution < -0.4 is 10.1 Å². The van der Waals surface area contributed by atoms with Crippen LogP contribution in [-0.2, 0) is 11.1 Å². The average Bonchev–Trinajstić information content (AvgIpc) is 2.52. The van der Waals surface area contributed by atoms with Crippen LogP contribution in [0.2, 0.25) is 0 Å². The molecule has 2 N–H and O–H groups in total. The number of aliphatic hydroxyl groups excluding tert-OH is 1. The van der Waals surface area contributed by atoms with E-state index in [1.54, 1.807) is 0 Å². The molecular formula is C15H25NO3. The second-order valence-electron chi connectivity index (χ2n) is 4.25. The lowest BCUT2D eigenvalue weighted by Gasteiger charge is -2.15. The van der Waals surface area contributed by atoms with Gasteiger partial charge in [0.25, 0.3) is 0 Å². The minimum atomic E-state index is -2.53. The molecule has 0 radical (unpaired) electrons. The molecule has 1 unspecified atom stereocenters. The molecule has 1 rings (SSSR count). The molecule has 0 spiro atoms. The van der Waals surface area contributed by atoms with E-state index in [0.717, 1.165) is 7.11 Å². The number of hydrogen-bond acceptors (Lipinski definition) is 4. The molecule has 0 heterocycles. The summed E-state index contributed by atoms with van der Waals surface area (Å²) in [5.74, 6) is 0.0890. The highest BCUT2D eigenvalue weighted by Crippen LogP contribution is 2.12. The van der Waals surface area contributed by atoms with Gasteiger partial charge in [-0.1, -0.05) is 26.0 Å². The highest BCUT2D eigenvalue weighted by Gasteiger charge is 2.05. The Kier molecular flexibility index (Phi) is 4.20. The number of rotatable bonds is 9. The number of nitrogens with one attached hydrogen (secondary N) is 1. The van der Waals surface area contributed by atoms with Crippen molar-refractivity contribution in [1.29, 1.82) is 0 Å². The largest absolute Gasteiger partial charge is 0.491 e. The van der Waals surface area contributed by atoms with Gasteiger partial charge in [-0.15, -0.1) is 0 Å². The van der Waals surface area contributed by atoms with Crippen molar-refractivity contribution in [3.63, 3.8) is 0 Å². The fourth-order valence-corrected chi connectivity index (χ4v) is 1.24. The van der Waals surface area contributed by atoms with E-state index in [0.29, 0.717) is 0 Å². The molecule has 0 saturated carbocycles. The van der Waals surface area contributed by atoms with E-state index in [1.165, 1.54) is 24.3 Å². The first-order valence-corrected chi connectivity index (χ1v) is 6.09. The van der Waals surface area contributed by atoms with Crippen molar-refractivity contribution >= 4 is 0 Å². The summed E-state index contributed by atoms with van der Waals surface area (Å²) in [5, 5.41) is 12.8. The standard InChI is InChI=1S/C15H25NO3/c1-12(2)16-10-14(17)11-19-15-6-4-13(5-7-15)8-9-18-3/h4-7,12,14,16-17H,8-11H2,1-3H3/i8D2,9D2,11D2. The van der Waals surface area contributed by atoms with Gasteiger partial charge in [0.05, 0.1) is 12.0 Å². The second-order valence-corrected chi connectivity index (χ2v) is 4.25. The van der Waals surface area contributed by atoms with Gasteiger partial charge in [-0.25, -0.2) is 0 Å². The molecule has 0 aliphatic rings. The molecule has 108 valence electrons. The van der Waals surface area contributed by atoms with Crippen LogP contribution >= 0.6 is 0 Å². The number of aliphatic hydroxyl groups is 1. The van der Waals surface area contributed by atoms with Crippen LogP contribution in [0.15, 0.2) is 24.3 Å². The Morgan fingerprint density at radius 2 is 2.00 bits per heavy atom. The Labute approximate surface area is 124 Å². The second kappa shape index (κ2) is 8.91. The van der Waals surface area contributed by atoms with Crippen LogP contribution in [0, 0.1) is 0 Å². The predicted molar refractivity (Wildman–Crippen MR) is 76.7 cm³/mol. The molecule has 1 aromatic rings. The van der Waals surface area contributed by atoms with E-state index in [-0.39, 0.29) is 23.9 Å². The molecule has 0 amide bonds. The van der Waals surface area contributed by atoms with Crippen LogP contribution in [0.5, 0.6) is 5.75 Å². The zero-order chi connectivity index (χ0) is 19.5. The summed E-state index contributed by atoms with van der Waals surface area (Å²) in [5.41, 5.74) is 0.0225. The fourth-order valence-electron chi connectivity index (χ4n) is 1.24. The third kappa shape index (κ3) is 7.15. The topological polar surface area (TPSA) is 50.7 Å². The molecular weight excluding hydrogens is 242 g/mol. The molecule has 0 aliphatic heterocycles. The van der Waals surface area contributed by atoms with E-state index >= 15 is 0 Å². The third-order valence-corrected chi connectivity index (χ3v) is 2.18. The number of aryl methyl sites for hydroxylation is 1. The normalized spacial score (nSPS) is 19.6. The first kappa shape index (κ1) is 8.95. The number of benzene rings is 1. The van der Waals surface area contributed by atoms with Crippen molar-refractivity contribution in [2.45, 2.75) is 32.4 Å². The first-order chi connectivity index (χ1) is 11.3.